The van der Waals surface area contributed by atoms with Crippen molar-refractivity contribution in [2.24, 2.45) is 0 Å². The Morgan fingerprint density at radius 3 is 2.06 bits per heavy atom. The number of H-pyrrole nitrogens is 1. The van der Waals surface area contributed by atoms with Crippen molar-refractivity contribution in [2.45, 2.75) is 24.4 Å². The van der Waals surface area contributed by atoms with Gasteiger partial charge in [-0.15, -0.1) is 0 Å². The zero-order chi connectivity index (χ0) is 22.2. The fourth-order valence-corrected chi connectivity index (χ4v) is 5.08. The summed E-state index contributed by atoms with van der Waals surface area (Å²) in [6, 6.07) is 0. The van der Waals surface area contributed by atoms with Crippen LogP contribution in [0.5, 0.6) is 0 Å². The summed E-state index contributed by atoms with van der Waals surface area (Å²) in [7, 11) is -18.1. The summed E-state index contributed by atoms with van der Waals surface area (Å²) in [5.74, 6) is -0.249. The number of phosphoric ester groups is 1. The van der Waals surface area contributed by atoms with E-state index < -0.39 is 60.1 Å². The van der Waals surface area contributed by atoms with Crippen molar-refractivity contribution in [2.75, 3.05) is 12.3 Å². The molecule has 0 spiro atoms. The van der Waals surface area contributed by atoms with Gasteiger partial charge in [0, 0.05) is 6.20 Å². The van der Waals surface area contributed by atoms with E-state index in [0.29, 0.717) is 0 Å². The number of phosphoric acid groups is 3. The van der Waals surface area contributed by atoms with Gasteiger partial charge >= 0.3 is 75.4 Å². The molecule has 24 heteroatoms. The normalized spacial score (nSPS) is 25.8. The van der Waals surface area contributed by atoms with Crippen LogP contribution in [-0.2, 0) is 31.6 Å². The first-order valence-corrected chi connectivity index (χ1v) is 11.6. The first-order chi connectivity index (χ1) is 13.1. The van der Waals surface area contributed by atoms with Gasteiger partial charge in [-0.25, -0.2) is 9.29 Å². The van der Waals surface area contributed by atoms with Crippen molar-refractivity contribution in [3.63, 3.8) is 0 Å². The van der Waals surface area contributed by atoms with Crippen molar-refractivity contribution in [1.29, 1.82) is 0 Å². The van der Waals surface area contributed by atoms with Gasteiger partial charge < -0.3 is 49.3 Å². The number of anilines is 1. The molecule has 6 atom stereocenters. The molecule has 1 aromatic rings. The van der Waals surface area contributed by atoms with Gasteiger partial charge in [0.25, 0.3) is 21.2 Å². The number of aliphatic hydroxyl groups is 2. The molecule has 1 fully saturated rings. The number of nitrogens with zero attached hydrogens (tertiary/aromatic N) is 1. The third-order valence-corrected chi connectivity index (χ3v) is 6.98. The van der Waals surface area contributed by atoms with Crippen LogP contribution in [0.3, 0.4) is 0 Å². The van der Waals surface area contributed by atoms with Crippen LogP contribution < -0.4 is 106 Å². The van der Waals surface area contributed by atoms with Crippen LogP contribution in [0.4, 0.5) is 5.95 Å². The van der Waals surface area contributed by atoms with E-state index in [0.717, 1.165) is 6.20 Å². The summed E-state index contributed by atoms with van der Waals surface area (Å²) in [5.41, 5.74) is 4.17. The average Bonchev–Trinajstić information content (AvgIpc) is 2.78. The Kier molecular flexibility index (Phi) is 17.6. The average molecular weight is 507 g/mol. The molecule has 0 aliphatic carbocycles. The molecule has 6 unspecified atom stereocenters. The Labute approximate surface area is 233 Å². The Hall–Kier alpha value is 1.36. The number of nitrogen functional groups attached to an aromatic ring is 1. The summed E-state index contributed by atoms with van der Waals surface area (Å²) < 4.78 is 48.4. The summed E-state index contributed by atoms with van der Waals surface area (Å²) in [5, 5.41) is 19.9. The molecule has 0 radical (unpaired) electrons. The van der Waals surface area contributed by atoms with Crippen molar-refractivity contribution >= 4 is 29.4 Å². The number of hydrogen-bond donors (Lipinski definition) is 4. The minimum Gasteiger partial charge on any atom is -0.790 e. The zero-order valence-corrected chi connectivity index (χ0v) is 20.4. The first-order valence-electron chi connectivity index (χ1n) is 7.18. The van der Waals surface area contributed by atoms with Gasteiger partial charge in [-0.2, -0.15) is 0 Å². The Bertz CT molecular complexity index is 963. The van der Waals surface area contributed by atoms with Crippen LogP contribution in [0, 0.1) is 0 Å². The summed E-state index contributed by atoms with van der Waals surface area (Å²) in [6.45, 7) is -1.14. The van der Waals surface area contributed by atoms with Crippen molar-refractivity contribution in [1.82, 2.24) is 9.97 Å². The zero-order valence-electron chi connectivity index (χ0n) is 17.8. The van der Waals surface area contributed by atoms with Crippen LogP contribution in [0.2, 0.25) is 0 Å². The molecule has 1 aliphatic rings. The Morgan fingerprint density at radius 1 is 1.03 bits per heavy atom. The third kappa shape index (κ3) is 12.0. The van der Waals surface area contributed by atoms with Crippen LogP contribution in [0.1, 0.15) is 11.7 Å². The Balaban J connectivity index is -0.00000225. The number of nitrogens with two attached hydrogens (primary N) is 1. The molecule has 0 bridgehead atoms. The van der Waals surface area contributed by atoms with E-state index >= 15 is 0 Å². The second-order valence-corrected chi connectivity index (χ2v) is 9.68. The van der Waals surface area contributed by atoms with Crippen molar-refractivity contribution < 1.29 is 137 Å². The molecule has 33 heavy (non-hydrogen) atoms. The molecule has 2 rings (SSSR count). The van der Waals surface area contributed by atoms with Crippen molar-refractivity contribution in [3.8, 4) is 0 Å². The van der Waals surface area contributed by atoms with Crippen LogP contribution in [-0.4, -0.2) is 45.1 Å². The SMILES string of the molecule is Nc1ncc(C2OC(COP(=O)([O-])OP(=O)([O-])OP(=O)([O-])[O-])C(O)C2O)c(=O)[nH]1.[Li+].[Li+].[Li+].[Li+]. The predicted octanol–water partition coefficient (Wildman–Crippen LogP) is -16.7. The quantitative estimate of drug-likeness (QED) is 0.188. The molecule has 1 aromatic heterocycles. The van der Waals surface area contributed by atoms with E-state index in [-0.39, 0.29) is 87.0 Å². The summed E-state index contributed by atoms with van der Waals surface area (Å²) >= 11 is 0. The molecule has 2 heterocycles. The number of rotatable bonds is 8. The Morgan fingerprint density at radius 2 is 1.58 bits per heavy atom. The van der Waals surface area contributed by atoms with Gasteiger partial charge in [-0.1, -0.05) is 0 Å². The molecule has 0 aromatic carbocycles. The second-order valence-electron chi connectivity index (χ2n) is 5.43. The van der Waals surface area contributed by atoms with Gasteiger partial charge in [0.05, 0.1) is 20.0 Å². The maximum Gasteiger partial charge on any atom is 1.00 e. The monoisotopic (exact) mass is 507 g/mol. The maximum absolute atomic E-state index is 11.8. The van der Waals surface area contributed by atoms with Gasteiger partial charge in [-0.3, -0.25) is 23.2 Å². The summed E-state index contributed by atoms with van der Waals surface area (Å²) in [6.07, 6.45) is -5.72. The number of nitrogens with one attached hydrogen (secondary N) is 1. The maximum atomic E-state index is 11.8. The number of aromatic nitrogens is 2. The van der Waals surface area contributed by atoms with Gasteiger partial charge in [-0.05, 0) is 0 Å². The van der Waals surface area contributed by atoms with E-state index in [1.54, 1.807) is 0 Å². The summed E-state index contributed by atoms with van der Waals surface area (Å²) in [4.78, 5) is 60.5. The molecule has 17 nitrogen and oxygen atoms in total. The standard InChI is InChI=1S/C9H16N3O14P3.4Li/c10-9-11-1-3(8(15)12-9)7-6(14)5(13)4(24-7)2-23-28(19,20)26-29(21,22)25-27(16,17)18;;;;/h1,4-7,13-14H,2H2,(H,19,20)(H,21,22)(H2,16,17,18)(H3,10,11,12,15);;;;/q;4*+1/p-4. The second kappa shape index (κ2) is 14.9. The van der Waals surface area contributed by atoms with E-state index in [1.165, 1.54) is 0 Å². The van der Waals surface area contributed by atoms with E-state index in [9.17, 15) is 48.3 Å². The molecule has 1 aliphatic heterocycles. The molecular weight excluding hydrogens is 495 g/mol. The fraction of sp³-hybridized carbons (Fsp3) is 0.556. The topological polar surface area (TPSA) is 293 Å². The first kappa shape index (κ1) is 38.9. The van der Waals surface area contributed by atoms with E-state index in [1.807, 2.05) is 0 Å². The van der Waals surface area contributed by atoms with Gasteiger partial charge in [0.1, 0.15) is 24.4 Å². The molecule has 1 saturated heterocycles. The third-order valence-electron chi connectivity index (χ3n) is 3.31. The number of ether oxygens (including phenoxy) is 1. The van der Waals surface area contributed by atoms with Gasteiger partial charge in [0.15, 0.2) is 5.95 Å². The van der Waals surface area contributed by atoms with Crippen LogP contribution >= 0.6 is 23.5 Å². The van der Waals surface area contributed by atoms with Crippen LogP contribution in [0.25, 0.3) is 0 Å². The fourth-order valence-electron chi connectivity index (χ4n) is 2.21. The number of aromatic amines is 1. The molecule has 5 N–H and O–H groups in total. The molecular formula is C9H12Li4N3O14P3. The minimum absolute atomic E-state index is 0. The van der Waals surface area contributed by atoms with Crippen molar-refractivity contribution in [3.05, 3.63) is 22.1 Å². The smallest absolute Gasteiger partial charge is 0.790 e. The van der Waals surface area contributed by atoms with Crippen LogP contribution in [0.15, 0.2) is 11.0 Å². The van der Waals surface area contributed by atoms with E-state index in [4.69, 9.17) is 10.5 Å². The van der Waals surface area contributed by atoms with E-state index in [2.05, 4.69) is 23.1 Å². The largest absolute Gasteiger partial charge is 1.00 e. The van der Waals surface area contributed by atoms with Gasteiger partial charge in [0.2, 0.25) is 0 Å². The molecule has 0 saturated carbocycles. The minimum atomic E-state index is -6.15. The molecule has 0 amide bonds. The molecule has 166 valence electrons. The number of hydrogen-bond acceptors (Lipinski definition) is 16. The number of aliphatic hydroxyl groups excluding tert-OH is 2. The predicted molar refractivity (Wildman–Crippen MR) is 79.8 cm³/mol.